The zero-order valence-corrected chi connectivity index (χ0v) is 12.6. The number of aromatic nitrogens is 1. The van der Waals surface area contributed by atoms with Gasteiger partial charge in [0.2, 0.25) is 0 Å². The highest BCUT2D eigenvalue weighted by Gasteiger charge is 2.09. The number of carbonyl (C=O) groups excluding carboxylic acids is 1. The van der Waals surface area contributed by atoms with Crippen molar-refractivity contribution in [2.45, 2.75) is 6.92 Å². The maximum atomic E-state index is 12.0. The number of rotatable bonds is 4. The number of hydrogen-bond acceptors (Lipinski definition) is 4. The van der Waals surface area contributed by atoms with Crippen molar-refractivity contribution in [3.8, 4) is 6.07 Å². The van der Waals surface area contributed by atoms with E-state index in [1.807, 2.05) is 25.1 Å². The molecule has 22 heavy (non-hydrogen) atoms. The third-order valence-corrected chi connectivity index (χ3v) is 3.00. The number of anilines is 2. The molecule has 0 atom stereocenters. The van der Waals surface area contributed by atoms with Crippen LogP contribution in [0.3, 0.4) is 0 Å². The predicted octanol–water partition coefficient (Wildman–Crippen LogP) is 3.50. The molecule has 5 nitrogen and oxygen atoms in total. The summed E-state index contributed by atoms with van der Waals surface area (Å²) in [6.45, 7) is 1.95. The van der Waals surface area contributed by atoms with Gasteiger partial charge in [-0.1, -0.05) is 29.3 Å². The van der Waals surface area contributed by atoms with E-state index in [1.54, 1.807) is 24.3 Å². The molecule has 0 radical (unpaired) electrons. The summed E-state index contributed by atoms with van der Waals surface area (Å²) in [5.74, 6) is -0.0516. The number of amides is 1. The van der Waals surface area contributed by atoms with Crippen molar-refractivity contribution in [3.63, 3.8) is 0 Å². The lowest BCUT2D eigenvalue weighted by Crippen LogP contribution is -2.14. The van der Waals surface area contributed by atoms with Gasteiger partial charge in [0.15, 0.2) is 0 Å². The van der Waals surface area contributed by atoms with Gasteiger partial charge in [-0.05, 0) is 31.2 Å². The van der Waals surface area contributed by atoms with E-state index in [0.29, 0.717) is 16.5 Å². The number of nitriles is 1. The Kier molecular flexibility index (Phi) is 5.12. The number of halogens is 1. The van der Waals surface area contributed by atoms with E-state index >= 15 is 0 Å². The summed E-state index contributed by atoms with van der Waals surface area (Å²) >= 11 is 5.83. The molecule has 0 fully saturated rings. The van der Waals surface area contributed by atoms with E-state index < -0.39 is 5.91 Å². The Hall–Kier alpha value is -2.84. The summed E-state index contributed by atoms with van der Waals surface area (Å²) in [5.41, 5.74) is 1.64. The standard InChI is InChI=1S/C16H13ClN4O/c1-11-2-4-14(5-3-11)21-16(22)12(9-18)10-20-15-8-13(17)6-7-19-15/h2-8,10H,1H3,(H,19,20)(H,21,22)/b12-10-. The lowest BCUT2D eigenvalue weighted by molar-refractivity contribution is -0.112. The quantitative estimate of drug-likeness (QED) is 0.669. The fraction of sp³-hybridized carbons (Fsp3) is 0.0625. The molecule has 110 valence electrons. The summed E-state index contributed by atoms with van der Waals surface area (Å²) in [4.78, 5) is 16.0. The van der Waals surface area contributed by atoms with Crippen molar-refractivity contribution in [1.82, 2.24) is 4.98 Å². The second kappa shape index (κ2) is 7.25. The molecule has 0 bridgehead atoms. The maximum absolute atomic E-state index is 12.0. The molecular weight excluding hydrogens is 300 g/mol. The first-order valence-electron chi connectivity index (χ1n) is 6.45. The normalized spacial score (nSPS) is 10.7. The fourth-order valence-corrected chi connectivity index (χ4v) is 1.77. The van der Waals surface area contributed by atoms with Crippen LogP contribution in [0.4, 0.5) is 11.5 Å². The predicted molar refractivity (Wildman–Crippen MR) is 86.4 cm³/mol. The number of nitrogens with zero attached hydrogens (tertiary/aromatic N) is 2. The van der Waals surface area contributed by atoms with Crippen LogP contribution in [0.2, 0.25) is 5.02 Å². The minimum absolute atomic E-state index is 0.0673. The van der Waals surface area contributed by atoms with Gasteiger partial charge in [-0.15, -0.1) is 0 Å². The molecule has 2 rings (SSSR count). The van der Waals surface area contributed by atoms with Crippen LogP contribution in [-0.2, 0) is 4.79 Å². The minimum Gasteiger partial charge on any atom is -0.345 e. The van der Waals surface area contributed by atoms with Crippen molar-refractivity contribution in [1.29, 1.82) is 5.26 Å². The Bertz CT molecular complexity index is 747. The van der Waals surface area contributed by atoms with Gasteiger partial charge >= 0.3 is 0 Å². The molecule has 2 aromatic rings. The molecule has 1 amide bonds. The Morgan fingerprint density at radius 3 is 2.68 bits per heavy atom. The molecule has 2 N–H and O–H groups in total. The molecule has 1 aromatic heterocycles. The van der Waals surface area contributed by atoms with Crippen molar-refractivity contribution < 1.29 is 4.79 Å². The monoisotopic (exact) mass is 312 g/mol. The Balaban J connectivity index is 2.07. The maximum Gasteiger partial charge on any atom is 0.267 e. The molecule has 6 heteroatoms. The zero-order chi connectivity index (χ0) is 15.9. The highest BCUT2D eigenvalue weighted by atomic mass is 35.5. The Morgan fingerprint density at radius 2 is 2.05 bits per heavy atom. The molecule has 0 spiro atoms. The van der Waals surface area contributed by atoms with Crippen molar-refractivity contribution in [2.24, 2.45) is 0 Å². The number of nitrogens with one attached hydrogen (secondary N) is 2. The molecule has 1 aromatic carbocycles. The lowest BCUT2D eigenvalue weighted by Gasteiger charge is -2.05. The summed E-state index contributed by atoms with van der Waals surface area (Å²) in [7, 11) is 0. The largest absolute Gasteiger partial charge is 0.345 e. The average molecular weight is 313 g/mol. The smallest absolute Gasteiger partial charge is 0.267 e. The van der Waals surface area contributed by atoms with Crippen LogP contribution in [0.1, 0.15) is 5.56 Å². The number of carbonyl (C=O) groups is 1. The van der Waals surface area contributed by atoms with Crippen LogP contribution in [0.5, 0.6) is 0 Å². The molecule has 0 aliphatic heterocycles. The van der Waals surface area contributed by atoms with Crippen LogP contribution in [0.25, 0.3) is 0 Å². The first kappa shape index (κ1) is 15.5. The topological polar surface area (TPSA) is 77.8 Å². The van der Waals surface area contributed by atoms with Gasteiger partial charge in [-0.3, -0.25) is 4.79 Å². The Labute approximate surface area is 133 Å². The molecule has 0 aliphatic rings. The van der Waals surface area contributed by atoms with Crippen LogP contribution >= 0.6 is 11.6 Å². The van der Waals surface area contributed by atoms with E-state index in [9.17, 15) is 4.79 Å². The highest BCUT2D eigenvalue weighted by Crippen LogP contribution is 2.13. The minimum atomic E-state index is -0.499. The van der Waals surface area contributed by atoms with Crippen LogP contribution in [0.15, 0.2) is 54.4 Å². The van der Waals surface area contributed by atoms with Gasteiger partial charge in [0.05, 0.1) is 0 Å². The third kappa shape index (κ3) is 4.33. The van der Waals surface area contributed by atoms with Crippen molar-refractivity contribution in [3.05, 3.63) is 65.0 Å². The van der Waals surface area contributed by atoms with E-state index in [2.05, 4.69) is 15.6 Å². The average Bonchev–Trinajstić information content (AvgIpc) is 2.50. The van der Waals surface area contributed by atoms with Crippen LogP contribution in [-0.4, -0.2) is 10.9 Å². The molecule has 0 unspecified atom stereocenters. The lowest BCUT2D eigenvalue weighted by atomic mass is 10.2. The SMILES string of the molecule is Cc1ccc(NC(=O)/C(C#N)=C\Nc2cc(Cl)ccn2)cc1. The Morgan fingerprint density at radius 1 is 1.32 bits per heavy atom. The summed E-state index contributed by atoms with van der Waals surface area (Å²) < 4.78 is 0. The fourth-order valence-electron chi connectivity index (χ4n) is 1.61. The second-order valence-electron chi connectivity index (χ2n) is 4.49. The summed E-state index contributed by atoms with van der Waals surface area (Å²) in [5, 5.41) is 15.0. The summed E-state index contributed by atoms with van der Waals surface area (Å²) in [6.07, 6.45) is 2.82. The molecule has 1 heterocycles. The van der Waals surface area contributed by atoms with E-state index in [4.69, 9.17) is 16.9 Å². The van der Waals surface area contributed by atoms with Gasteiger partial charge in [0.25, 0.3) is 5.91 Å². The van der Waals surface area contributed by atoms with Gasteiger partial charge < -0.3 is 10.6 Å². The molecule has 0 aliphatic carbocycles. The zero-order valence-electron chi connectivity index (χ0n) is 11.8. The second-order valence-corrected chi connectivity index (χ2v) is 4.93. The van der Waals surface area contributed by atoms with Gasteiger partial charge in [0.1, 0.15) is 17.5 Å². The van der Waals surface area contributed by atoms with Crippen LogP contribution < -0.4 is 10.6 Å². The molecule has 0 saturated carbocycles. The number of aryl methyl sites for hydroxylation is 1. The van der Waals surface area contributed by atoms with Crippen molar-refractivity contribution in [2.75, 3.05) is 10.6 Å². The molecule has 0 saturated heterocycles. The van der Waals surface area contributed by atoms with Gasteiger partial charge in [-0.2, -0.15) is 5.26 Å². The number of pyridine rings is 1. The number of hydrogen-bond donors (Lipinski definition) is 2. The molecular formula is C16H13ClN4O. The highest BCUT2D eigenvalue weighted by molar-refractivity contribution is 6.30. The van der Waals surface area contributed by atoms with E-state index in [-0.39, 0.29) is 5.57 Å². The van der Waals surface area contributed by atoms with E-state index in [1.165, 1.54) is 12.4 Å². The van der Waals surface area contributed by atoms with Gasteiger partial charge in [0, 0.05) is 23.1 Å². The summed E-state index contributed by atoms with van der Waals surface area (Å²) in [6, 6.07) is 12.4. The third-order valence-electron chi connectivity index (χ3n) is 2.76. The van der Waals surface area contributed by atoms with Crippen molar-refractivity contribution >= 4 is 29.0 Å². The van der Waals surface area contributed by atoms with Crippen LogP contribution in [0, 0.1) is 18.3 Å². The first-order chi connectivity index (χ1) is 10.6. The van der Waals surface area contributed by atoms with E-state index in [0.717, 1.165) is 5.56 Å². The van der Waals surface area contributed by atoms with Gasteiger partial charge in [-0.25, -0.2) is 4.98 Å². The number of benzene rings is 1. The first-order valence-corrected chi connectivity index (χ1v) is 6.82.